The number of hydrogen-bond donors (Lipinski definition) is 0. The van der Waals surface area contributed by atoms with Crippen LogP contribution in [-0.4, -0.2) is 34.7 Å². The van der Waals surface area contributed by atoms with Crippen LogP contribution in [0.25, 0.3) is 11.3 Å². The van der Waals surface area contributed by atoms with E-state index in [1.807, 2.05) is 13.8 Å². The van der Waals surface area contributed by atoms with E-state index in [1.165, 1.54) is 12.1 Å². The van der Waals surface area contributed by atoms with E-state index < -0.39 is 17.8 Å². The van der Waals surface area contributed by atoms with Crippen molar-refractivity contribution in [2.75, 3.05) is 6.54 Å². The lowest BCUT2D eigenvalue weighted by Gasteiger charge is -2.29. The average Bonchev–Trinajstić information content (AvgIpc) is 3.03. The van der Waals surface area contributed by atoms with Gasteiger partial charge < -0.3 is 14.2 Å². The fraction of sp³-hybridized carbons (Fsp3) is 0.474. The number of nitrogens with zero attached hydrogens (tertiary/aromatic N) is 2. The third kappa shape index (κ3) is 4.16. The normalized spacial score (nSPS) is 15.7. The van der Waals surface area contributed by atoms with Crippen LogP contribution < -0.4 is 0 Å². The highest BCUT2D eigenvalue weighted by Gasteiger charge is 2.32. The summed E-state index contributed by atoms with van der Waals surface area (Å²) in [7, 11) is 0. The number of hydrogen-bond acceptors (Lipinski definition) is 4. The molecule has 1 atom stereocenters. The van der Waals surface area contributed by atoms with Gasteiger partial charge in [-0.15, -0.1) is 0 Å². The van der Waals surface area contributed by atoms with Gasteiger partial charge in [-0.3, -0.25) is 4.79 Å². The van der Waals surface area contributed by atoms with E-state index in [9.17, 15) is 18.0 Å². The Labute approximate surface area is 155 Å². The van der Waals surface area contributed by atoms with Crippen LogP contribution in [0, 0.1) is 0 Å². The van der Waals surface area contributed by atoms with Gasteiger partial charge in [-0.25, -0.2) is 0 Å². The Hall–Kier alpha value is -2.35. The molecular weight excluding hydrogens is 361 g/mol. The zero-order chi connectivity index (χ0) is 19.8. The number of amides is 1. The number of ether oxygens (including phenoxy) is 1. The molecule has 0 aliphatic carbocycles. The molecule has 2 aromatic rings. The van der Waals surface area contributed by atoms with Crippen LogP contribution in [0.15, 0.2) is 28.8 Å². The van der Waals surface area contributed by atoms with Crippen molar-refractivity contribution in [2.24, 2.45) is 0 Å². The quantitative estimate of drug-likeness (QED) is 0.800. The lowest BCUT2D eigenvalue weighted by molar-refractivity contribution is -0.146. The molecule has 5 nitrogen and oxygen atoms in total. The van der Waals surface area contributed by atoms with E-state index in [-0.39, 0.29) is 12.0 Å². The number of alkyl halides is 3. The molecule has 0 radical (unpaired) electrons. The van der Waals surface area contributed by atoms with Gasteiger partial charge in [0.15, 0.2) is 0 Å². The van der Waals surface area contributed by atoms with Gasteiger partial charge in [0, 0.05) is 24.1 Å². The Balaban J connectivity index is 1.81. The Bertz CT molecular complexity index is 813. The molecule has 0 bridgehead atoms. The van der Waals surface area contributed by atoms with Crippen molar-refractivity contribution in [2.45, 2.75) is 52.1 Å². The lowest BCUT2D eigenvalue weighted by Crippen LogP contribution is -2.42. The van der Waals surface area contributed by atoms with Crippen LogP contribution >= 0.6 is 0 Å². The molecule has 0 unspecified atom stereocenters. The molecule has 8 heteroatoms. The van der Waals surface area contributed by atoms with Crippen molar-refractivity contribution in [1.29, 1.82) is 0 Å². The fourth-order valence-electron chi connectivity index (χ4n) is 3.16. The molecule has 0 saturated carbocycles. The second-order valence-corrected chi connectivity index (χ2v) is 6.84. The minimum absolute atomic E-state index is 0.0670. The molecule has 1 aromatic carbocycles. The number of rotatable bonds is 4. The summed E-state index contributed by atoms with van der Waals surface area (Å²) in [6.45, 7) is 6.21. The molecule has 1 aliphatic heterocycles. The maximum atomic E-state index is 12.8. The van der Waals surface area contributed by atoms with Crippen LogP contribution in [0.1, 0.15) is 37.7 Å². The summed E-state index contributed by atoms with van der Waals surface area (Å²) >= 11 is 0. The first kappa shape index (κ1) is 19.4. The number of carbonyl (C=O) groups excluding carboxylic acids is 1. The van der Waals surface area contributed by atoms with Crippen LogP contribution in [0.2, 0.25) is 0 Å². The van der Waals surface area contributed by atoms with Gasteiger partial charge in [-0.2, -0.15) is 13.2 Å². The summed E-state index contributed by atoms with van der Waals surface area (Å²) in [6.07, 6.45) is -4.52. The molecule has 3 rings (SSSR count). The zero-order valence-corrected chi connectivity index (χ0v) is 15.3. The second kappa shape index (κ2) is 7.34. The molecule has 0 fully saturated rings. The van der Waals surface area contributed by atoms with Gasteiger partial charge in [-0.1, -0.05) is 17.3 Å². The van der Waals surface area contributed by atoms with Gasteiger partial charge in [0.1, 0.15) is 17.6 Å². The standard InChI is InChI=1S/C19H21F3N2O3/c1-11(2)26-12(3)18(25)24-9-8-16-15(10-24)17(23-27-16)13-4-6-14(7-5-13)19(20,21)22/h4-7,11-12H,8-10H2,1-3H3/t12-/m0/s1. The Morgan fingerprint density at radius 3 is 2.48 bits per heavy atom. The predicted molar refractivity (Wildman–Crippen MR) is 91.7 cm³/mol. The Kier molecular flexibility index (Phi) is 5.28. The van der Waals surface area contributed by atoms with Crippen LogP contribution in [-0.2, 0) is 28.7 Å². The maximum Gasteiger partial charge on any atom is 0.416 e. The summed E-state index contributed by atoms with van der Waals surface area (Å²) in [5.74, 6) is 0.528. The second-order valence-electron chi connectivity index (χ2n) is 6.84. The first-order chi connectivity index (χ1) is 12.7. The van der Waals surface area contributed by atoms with E-state index >= 15 is 0 Å². The topological polar surface area (TPSA) is 55.6 Å². The van der Waals surface area contributed by atoms with Gasteiger partial charge in [-0.05, 0) is 32.9 Å². The van der Waals surface area contributed by atoms with E-state index in [1.54, 1.807) is 11.8 Å². The minimum atomic E-state index is -4.39. The van der Waals surface area contributed by atoms with E-state index in [0.717, 1.165) is 17.7 Å². The highest BCUT2D eigenvalue weighted by molar-refractivity contribution is 5.81. The SMILES string of the molecule is CC(C)O[C@@H](C)C(=O)N1CCc2onc(-c3ccc(C(F)(F)F)cc3)c2C1. The van der Waals surface area contributed by atoms with Crippen LogP contribution in [0.4, 0.5) is 13.2 Å². The van der Waals surface area contributed by atoms with Crippen molar-refractivity contribution in [3.05, 3.63) is 41.2 Å². The van der Waals surface area contributed by atoms with Crippen LogP contribution in [0.3, 0.4) is 0 Å². The van der Waals surface area contributed by atoms with Crippen molar-refractivity contribution >= 4 is 5.91 Å². The molecule has 2 heterocycles. The molecule has 1 aliphatic rings. The fourth-order valence-corrected chi connectivity index (χ4v) is 3.16. The Morgan fingerprint density at radius 2 is 1.89 bits per heavy atom. The highest BCUT2D eigenvalue weighted by atomic mass is 19.4. The molecular formula is C19H21F3N2O3. The summed E-state index contributed by atoms with van der Waals surface area (Å²) < 4.78 is 49.2. The molecule has 146 valence electrons. The third-order valence-electron chi connectivity index (χ3n) is 4.45. The largest absolute Gasteiger partial charge is 0.416 e. The van der Waals surface area contributed by atoms with Gasteiger partial charge in [0.25, 0.3) is 5.91 Å². The number of benzene rings is 1. The average molecular weight is 382 g/mol. The minimum Gasteiger partial charge on any atom is -0.366 e. The molecule has 1 amide bonds. The van der Waals surface area contributed by atoms with E-state index in [0.29, 0.717) is 36.5 Å². The maximum absolute atomic E-state index is 12.8. The molecule has 27 heavy (non-hydrogen) atoms. The van der Waals surface area contributed by atoms with E-state index in [2.05, 4.69) is 5.16 Å². The van der Waals surface area contributed by atoms with Crippen molar-refractivity contribution < 1.29 is 27.2 Å². The van der Waals surface area contributed by atoms with Crippen LogP contribution in [0.5, 0.6) is 0 Å². The summed E-state index contributed by atoms with van der Waals surface area (Å²) in [4.78, 5) is 14.3. The predicted octanol–water partition coefficient (Wildman–Crippen LogP) is 4.06. The van der Waals surface area contributed by atoms with Crippen molar-refractivity contribution in [3.63, 3.8) is 0 Å². The monoisotopic (exact) mass is 382 g/mol. The first-order valence-electron chi connectivity index (χ1n) is 8.76. The highest BCUT2D eigenvalue weighted by Crippen LogP contribution is 2.33. The molecule has 0 saturated heterocycles. The summed E-state index contributed by atoms with van der Waals surface area (Å²) in [6, 6.07) is 4.76. The summed E-state index contributed by atoms with van der Waals surface area (Å²) in [5, 5.41) is 4.02. The van der Waals surface area contributed by atoms with Crippen molar-refractivity contribution in [3.8, 4) is 11.3 Å². The smallest absolute Gasteiger partial charge is 0.366 e. The number of carbonyl (C=O) groups is 1. The molecule has 1 aromatic heterocycles. The van der Waals surface area contributed by atoms with Crippen molar-refractivity contribution in [1.82, 2.24) is 10.1 Å². The molecule has 0 N–H and O–H groups in total. The van der Waals surface area contributed by atoms with Gasteiger partial charge in [0.2, 0.25) is 0 Å². The first-order valence-corrected chi connectivity index (χ1v) is 8.76. The van der Waals surface area contributed by atoms with Gasteiger partial charge in [0.05, 0.1) is 18.2 Å². The lowest BCUT2D eigenvalue weighted by atomic mass is 10.00. The Morgan fingerprint density at radius 1 is 1.22 bits per heavy atom. The zero-order valence-electron chi connectivity index (χ0n) is 15.3. The number of fused-ring (bicyclic) bond motifs is 1. The molecule has 0 spiro atoms. The third-order valence-corrected chi connectivity index (χ3v) is 4.45. The number of aromatic nitrogens is 1. The number of halogens is 3. The van der Waals surface area contributed by atoms with E-state index in [4.69, 9.17) is 9.26 Å². The summed E-state index contributed by atoms with van der Waals surface area (Å²) in [5.41, 5.74) is 0.994. The van der Waals surface area contributed by atoms with Gasteiger partial charge >= 0.3 is 6.18 Å².